The van der Waals surface area contributed by atoms with E-state index in [1.807, 2.05) is 0 Å². The maximum Gasteiger partial charge on any atom is 0.435 e. The Bertz CT molecular complexity index is 389. The first-order chi connectivity index (χ1) is 7.41. The summed E-state index contributed by atoms with van der Waals surface area (Å²) >= 11 is 1.69. The maximum atomic E-state index is 12.5. The predicted molar refractivity (Wildman–Crippen MR) is 54.9 cm³/mol. The number of alkyl halides is 3. The first-order valence-corrected chi connectivity index (χ1v) is 6.19. The minimum Gasteiger partial charge on any atom is -0.462 e. The molecule has 0 N–H and O–H groups in total. The Morgan fingerprint density at radius 2 is 2.19 bits per heavy atom. The summed E-state index contributed by atoms with van der Waals surface area (Å²) in [5.41, 5.74) is -1.65. The third-order valence-corrected chi connectivity index (χ3v) is 3.54. The van der Waals surface area contributed by atoms with Gasteiger partial charge in [0.1, 0.15) is 5.56 Å². The van der Waals surface area contributed by atoms with Crippen LogP contribution in [0, 0.1) is 0 Å². The Hall–Kier alpha value is -0.760. The lowest BCUT2D eigenvalue weighted by Gasteiger charge is -2.06. The van der Waals surface area contributed by atoms with E-state index in [0.717, 1.165) is 11.8 Å². The molecule has 1 rings (SSSR count). The van der Waals surface area contributed by atoms with Crippen molar-refractivity contribution in [2.45, 2.75) is 17.3 Å². The van der Waals surface area contributed by atoms with Crippen LogP contribution in [-0.4, -0.2) is 23.2 Å². The summed E-state index contributed by atoms with van der Waals surface area (Å²) in [6.07, 6.45) is -3.05. The minimum absolute atomic E-state index is 0.0276. The maximum absolute atomic E-state index is 12.5. The number of rotatable bonds is 3. The van der Waals surface area contributed by atoms with Gasteiger partial charge < -0.3 is 4.74 Å². The Morgan fingerprint density at radius 1 is 1.56 bits per heavy atom. The fourth-order valence-electron chi connectivity index (χ4n) is 0.991. The van der Waals surface area contributed by atoms with Crippen LogP contribution >= 0.6 is 23.3 Å². The lowest BCUT2D eigenvalue weighted by atomic mass is 10.2. The zero-order valence-corrected chi connectivity index (χ0v) is 10.1. The van der Waals surface area contributed by atoms with Crippen molar-refractivity contribution in [3.63, 3.8) is 0 Å². The lowest BCUT2D eigenvalue weighted by molar-refractivity contribution is -0.141. The minimum atomic E-state index is -4.63. The average Bonchev–Trinajstić information content (AvgIpc) is 2.60. The van der Waals surface area contributed by atoms with Crippen LogP contribution in [0.1, 0.15) is 23.0 Å². The molecule has 0 saturated heterocycles. The van der Waals surface area contributed by atoms with Crippen molar-refractivity contribution in [1.29, 1.82) is 0 Å². The van der Waals surface area contributed by atoms with Crippen LogP contribution < -0.4 is 0 Å². The van der Waals surface area contributed by atoms with Gasteiger partial charge in [0.2, 0.25) is 0 Å². The molecule has 0 aromatic carbocycles. The first-order valence-electron chi connectivity index (χ1n) is 4.19. The molecular formula is C8H8F3NO2S2. The van der Waals surface area contributed by atoms with Crippen molar-refractivity contribution < 1.29 is 22.7 Å². The number of hydrogen-bond donors (Lipinski definition) is 0. The van der Waals surface area contributed by atoms with Crippen LogP contribution in [0.5, 0.6) is 0 Å². The van der Waals surface area contributed by atoms with Gasteiger partial charge in [-0.2, -0.15) is 17.5 Å². The monoisotopic (exact) mass is 271 g/mol. The number of ether oxygens (including phenoxy) is 1. The van der Waals surface area contributed by atoms with Crippen molar-refractivity contribution in [1.82, 2.24) is 4.37 Å². The Morgan fingerprint density at radius 3 is 2.62 bits per heavy atom. The molecule has 0 aliphatic rings. The number of carbonyl (C=O) groups excluding carboxylic acids is 1. The van der Waals surface area contributed by atoms with E-state index in [-0.39, 0.29) is 10.8 Å². The molecule has 1 aromatic heterocycles. The van der Waals surface area contributed by atoms with Crippen LogP contribution in [0.15, 0.2) is 4.21 Å². The van der Waals surface area contributed by atoms with Crippen LogP contribution in [0.25, 0.3) is 0 Å². The normalized spacial score (nSPS) is 11.6. The van der Waals surface area contributed by atoms with Crippen LogP contribution in [-0.2, 0) is 10.9 Å². The second-order valence-corrected chi connectivity index (χ2v) is 4.46. The van der Waals surface area contributed by atoms with Gasteiger partial charge >= 0.3 is 12.1 Å². The fraction of sp³-hybridized carbons (Fsp3) is 0.500. The van der Waals surface area contributed by atoms with Crippen molar-refractivity contribution in [3.8, 4) is 0 Å². The molecule has 0 fully saturated rings. The highest BCUT2D eigenvalue weighted by Crippen LogP contribution is 2.38. The van der Waals surface area contributed by atoms with Gasteiger partial charge in [-0.3, -0.25) is 0 Å². The molecule has 0 amide bonds. The highest BCUT2D eigenvalue weighted by atomic mass is 32.2. The SMILES string of the molecule is CCOC(=O)c1c(C(F)(F)F)nsc1SC. The van der Waals surface area contributed by atoms with E-state index < -0.39 is 23.4 Å². The quantitative estimate of drug-likeness (QED) is 0.625. The summed E-state index contributed by atoms with van der Waals surface area (Å²) in [4.78, 5) is 11.4. The largest absolute Gasteiger partial charge is 0.462 e. The van der Waals surface area contributed by atoms with Gasteiger partial charge in [0.15, 0.2) is 5.69 Å². The molecule has 8 heteroatoms. The number of halogens is 3. The van der Waals surface area contributed by atoms with E-state index in [4.69, 9.17) is 0 Å². The number of aromatic nitrogens is 1. The number of thioether (sulfide) groups is 1. The van der Waals surface area contributed by atoms with Crippen molar-refractivity contribution >= 4 is 29.3 Å². The predicted octanol–water partition coefficient (Wildman–Crippen LogP) is 3.06. The van der Waals surface area contributed by atoms with Crippen molar-refractivity contribution in [3.05, 3.63) is 11.3 Å². The van der Waals surface area contributed by atoms with Crippen LogP contribution in [0.3, 0.4) is 0 Å². The van der Waals surface area contributed by atoms with E-state index in [0.29, 0.717) is 11.5 Å². The number of hydrogen-bond acceptors (Lipinski definition) is 5. The molecule has 1 aromatic rings. The number of nitrogens with zero attached hydrogens (tertiary/aromatic N) is 1. The molecule has 0 aliphatic carbocycles. The molecule has 0 bridgehead atoms. The Labute approximate surface area is 98.2 Å². The summed E-state index contributed by atoms with van der Waals surface area (Å²) in [7, 11) is 0. The van der Waals surface area contributed by atoms with Crippen LogP contribution in [0.2, 0.25) is 0 Å². The zero-order valence-electron chi connectivity index (χ0n) is 8.42. The van der Waals surface area contributed by atoms with E-state index in [2.05, 4.69) is 9.11 Å². The number of esters is 1. The summed E-state index contributed by atoms with van der Waals surface area (Å²) in [5.74, 6) is -0.979. The van der Waals surface area contributed by atoms with Gasteiger partial charge in [0.25, 0.3) is 0 Å². The van der Waals surface area contributed by atoms with Gasteiger partial charge in [0.05, 0.1) is 10.8 Å². The van der Waals surface area contributed by atoms with Gasteiger partial charge in [0, 0.05) is 0 Å². The average molecular weight is 271 g/mol. The molecule has 1 heterocycles. The van der Waals surface area contributed by atoms with Gasteiger partial charge in [-0.15, -0.1) is 11.8 Å². The second kappa shape index (κ2) is 5.05. The molecule has 0 radical (unpaired) electrons. The summed E-state index contributed by atoms with van der Waals surface area (Å²) in [6.45, 7) is 1.56. The van der Waals surface area contributed by atoms with Gasteiger partial charge in [-0.1, -0.05) is 0 Å². The van der Waals surface area contributed by atoms with Gasteiger partial charge in [-0.25, -0.2) is 4.79 Å². The standard InChI is InChI=1S/C8H8F3NO2S2/c1-3-14-6(13)4-5(8(9,10)11)12-16-7(4)15-2/h3H2,1-2H3. The molecule has 0 unspecified atom stereocenters. The summed E-state index contributed by atoms with van der Waals surface area (Å²) in [5, 5.41) is 0. The molecule has 0 atom stereocenters. The Kier molecular flexibility index (Phi) is 4.20. The molecule has 90 valence electrons. The van der Waals surface area contributed by atoms with Crippen LogP contribution in [0.4, 0.5) is 13.2 Å². The smallest absolute Gasteiger partial charge is 0.435 e. The van der Waals surface area contributed by atoms with E-state index >= 15 is 0 Å². The molecule has 0 aliphatic heterocycles. The molecule has 16 heavy (non-hydrogen) atoms. The molecule has 0 saturated carbocycles. The molecular weight excluding hydrogens is 263 g/mol. The zero-order chi connectivity index (χ0) is 12.3. The topological polar surface area (TPSA) is 39.2 Å². The summed E-state index contributed by atoms with van der Waals surface area (Å²) in [6, 6.07) is 0. The van der Waals surface area contributed by atoms with E-state index in [9.17, 15) is 18.0 Å². The summed E-state index contributed by atoms with van der Waals surface area (Å²) < 4.78 is 45.6. The third kappa shape index (κ3) is 2.67. The van der Waals surface area contributed by atoms with Crippen molar-refractivity contribution in [2.24, 2.45) is 0 Å². The second-order valence-electron chi connectivity index (χ2n) is 2.62. The fourth-order valence-corrected chi connectivity index (χ4v) is 2.43. The molecule has 0 spiro atoms. The Balaban J connectivity index is 3.21. The van der Waals surface area contributed by atoms with E-state index in [1.54, 1.807) is 6.26 Å². The highest BCUT2D eigenvalue weighted by Gasteiger charge is 2.40. The molecule has 3 nitrogen and oxygen atoms in total. The van der Waals surface area contributed by atoms with E-state index in [1.165, 1.54) is 6.92 Å². The third-order valence-electron chi connectivity index (χ3n) is 1.59. The van der Waals surface area contributed by atoms with Crippen molar-refractivity contribution in [2.75, 3.05) is 12.9 Å². The lowest BCUT2D eigenvalue weighted by Crippen LogP contribution is -2.14. The highest BCUT2D eigenvalue weighted by molar-refractivity contribution is 8.00. The van der Waals surface area contributed by atoms with Gasteiger partial charge in [-0.05, 0) is 24.7 Å². The number of carbonyl (C=O) groups is 1. The first kappa shape index (κ1) is 13.3.